The number of rotatable bonds is 5. The Morgan fingerprint density at radius 3 is 2.59 bits per heavy atom. The van der Waals surface area contributed by atoms with Gasteiger partial charge in [-0.25, -0.2) is 0 Å². The molecule has 1 aliphatic heterocycles. The molecule has 1 amide bonds. The second-order valence-electron chi connectivity index (χ2n) is 5.95. The van der Waals surface area contributed by atoms with E-state index in [0.29, 0.717) is 19.0 Å². The van der Waals surface area contributed by atoms with Gasteiger partial charge in [-0.2, -0.15) is 0 Å². The highest BCUT2D eigenvalue weighted by atomic mass is 16.5. The topological polar surface area (TPSA) is 83.0 Å². The molecule has 0 saturated carbocycles. The van der Waals surface area contributed by atoms with E-state index < -0.39 is 0 Å². The predicted octanol–water partition coefficient (Wildman–Crippen LogP) is 0.217. The van der Waals surface area contributed by atoms with E-state index in [1.54, 1.807) is 14.0 Å². The number of carbonyl (C=O) groups excluding carboxylic acids is 2. The summed E-state index contributed by atoms with van der Waals surface area (Å²) in [5.74, 6) is 0.354. The number of carbonyl (C=O) groups is 2. The molecule has 1 rings (SSSR count). The Balaban J connectivity index is 2.42. The van der Waals surface area contributed by atoms with Crippen LogP contribution in [-0.4, -0.2) is 62.6 Å². The lowest BCUT2D eigenvalue weighted by Crippen LogP contribution is -2.46. The van der Waals surface area contributed by atoms with Crippen LogP contribution in [-0.2, 0) is 14.3 Å². The average molecular weight is 312 g/mol. The van der Waals surface area contributed by atoms with Crippen LogP contribution in [0.15, 0.2) is 4.99 Å². The standard InChI is InChI=1S/C15H28N4O3/c1-10(2)13(20)19-7-6-12(9-19)18-15(16-4)17-8-11(3)14(21)22-5/h10-12H,6-9H2,1-5H3,(H2,16,17,18). The highest BCUT2D eigenvalue weighted by Gasteiger charge is 2.28. The third-order valence-corrected chi connectivity index (χ3v) is 3.74. The maximum Gasteiger partial charge on any atom is 0.310 e. The molecule has 2 N–H and O–H groups in total. The predicted molar refractivity (Wildman–Crippen MR) is 85.5 cm³/mol. The van der Waals surface area contributed by atoms with Crippen LogP contribution in [0.25, 0.3) is 0 Å². The summed E-state index contributed by atoms with van der Waals surface area (Å²) >= 11 is 0. The van der Waals surface area contributed by atoms with E-state index in [4.69, 9.17) is 4.74 Å². The van der Waals surface area contributed by atoms with Gasteiger partial charge in [-0.05, 0) is 6.42 Å². The van der Waals surface area contributed by atoms with Crippen LogP contribution in [0.4, 0.5) is 0 Å². The Bertz CT molecular complexity index is 423. The number of nitrogens with one attached hydrogen (secondary N) is 2. The molecule has 126 valence electrons. The molecule has 0 aromatic carbocycles. The smallest absolute Gasteiger partial charge is 0.310 e. The summed E-state index contributed by atoms with van der Waals surface area (Å²) in [6, 6.07) is 0.183. The van der Waals surface area contributed by atoms with E-state index >= 15 is 0 Å². The summed E-state index contributed by atoms with van der Waals surface area (Å²) in [6.45, 7) is 7.53. The summed E-state index contributed by atoms with van der Waals surface area (Å²) in [4.78, 5) is 29.4. The van der Waals surface area contributed by atoms with E-state index in [-0.39, 0.29) is 29.8 Å². The van der Waals surface area contributed by atoms with Crippen molar-refractivity contribution in [2.75, 3.05) is 33.8 Å². The van der Waals surface area contributed by atoms with E-state index in [2.05, 4.69) is 15.6 Å². The van der Waals surface area contributed by atoms with Crippen molar-refractivity contribution in [1.29, 1.82) is 0 Å². The number of hydrogen-bond acceptors (Lipinski definition) is 4. The lowest BCUT2D eigenvalue weighted by atomic mass is 10.2. The number of ether oxygens (including phenoxy) is 1. The van der Waals surface area contributed by atoms with Gasteiger partial charge in [0.1, 0.15) is 0 Å². The molecular formula is C15H28N4O3. The van der Waals surface area contributed by atoms with Crippen LogP contribution in [0.3, 0.4) is 0 Å². The molecule has 1 fully saturated rings. The number of guanidine groups is 1. The number of hydrogen-bond donors (Lipinski definition) is 2. The number of esters is 1. The fourth-order valence-corrected chi connectivity index (χ4v) is 2.37. The number of aliphatic imine (C=N–C) groups is 1. The van der Waals surface area contributed by atoms with Gasteiger partial charge >= 0.3 is 5.97 Å². The normalized spacial score (nSPS) is 20.0. The molecule has 22 heavy (non-hydrogen) atoms. The van der Waals surface area contributed by atoms with Crippen LogP contribution in [0.1, 0.15) is 27.2 Å². The molecule has 0 aliphatic carbocycles. The van der Waals surface area contributed by atoms with E-state index in [0.717, 1.165) is 13.0 Å². The van der Waals surface area contributed by atoms with Crippen LogP contribution in [0.5, 0.6) is 0 Å². The first-order chi connectivity index (χ1) is 10.4. The van der Waals surface area contributed by atoms with Gasteiger partial charge in [0.2, 0.25) is 5.91 Å². The van der Waals surface area contributed by atoms with Gasteiger partial charge in [0, 0.05) is 38.6 Å². The summed E-state index contributed by atoms with van der Waals surface area (Å²) < 4.78 is 4.69. The Hall–Kier alpha value is -1.79. The first-order valence-corrected chi connectivity index (χ1v) is 7.72. The van der Waals surface area contributed by atoms with Gasteiger partial charge in [0.05, 0.1) is 13.0 Å². The third kappa shape index (κ3) is 5.20. The molecule has 7 nitrogen and oxygen atoms in total. The minimum absolute atomic E-state index is 0.0251. The molecule has 2 atom stereocenters. The maximum atomic E-state index is 12.0. The minimum atomic E-state index is -0.252. The fraction of sp³-hybridized carbons (Fsp3) is 0.800. The van der Waals surface area contributed by atoms with Gasteiger partial charge in [0.15, 0.2) is 5.96 Å². The van der Waals surface area contributed by atoms with Crippen molar-refractivity contribution in [2.45, 2.75) is 33.2 Å². The highest BCUT2D eigenvalue weighted by molar-refractivity contribution is 5.81. The molecular weight excluding hydrogens is 284 g/mol. The molecule has 0 bridgehead atoms. The number of likely N-dealkylation sites (tertiary alicyclic amines) is 1. The van der Waals surface area contributed by atoms with Crippen LogP contribution >= 0.6 is 0 Å². The summed E-state index contributed by atoms with van der Waals surface area (Å²) in [6.07, 6.45) is 0.895. The zero-order valence-electron chi connectivity index (χ0n) is 14.2. The van der Waals surface area contributed by atoms with Crippen molar-refractivity contribution in [2.24, 2.45) is 16.8 Å². The van der Waals surface area contributed by atoms with Crippen molar-refractivity contribution < 1.29 is 14.3 Å². The van der Waals surface area contributed by atoms with E-state index in [1.807, 2.05) is 18.7 Å². The maximum absolute atomic E-state index is 12.0. The molecule has 1 heterocycles. The average Bonchev–Trinajstić information content (AvgIpc) is 2.97. The quantitative estimate of drug-likeness (QED) is 0.431. The van der Waals surface area contributed by atoms with Crippen molar-refractivity contribution in [3.05, 3.63) is 0 Å². The van der Waals surface area contributed by atoms with Gasteiger partial charge < -0.3 is 20.3 Å². The Morgan fingerprint density at radius 2 is 2.05 bits per heavy atom. The summed E-state index contributed by atoms with van der Waals surface area (Å²) in [7, 11) is 3.06. The number of methoxy groups -OCH3 is 1. The SMILES string of the molecule is CN=C(NCC(C)C(=O)OC)NC1CCN(C(=O)C(C)C)C1. The molecule has 0 radical (unpaired) electrons. The lowest BCUT2D eigenvalue weighted by Gasteiger charge is -2.21. The number of nitrogens with zero attached hydrogens (tertiary/aromatic N) is 2. The van der Waals surface area contributed by atoms with Crippen LogP contribution in [0.2, 0.25) is 0 Å². The Morgan fingerprint density at radius 1 is 1.36 bits per heavy atom. The molecule has 7 heteroatoms. The second kappa shape index (κ2) is 8.60. The Kier molecular flexibility index (Phi) is 7.14. The van der Waals surface area contributed by atoms with Crippen molar-refractivity contribution in [1.82, 2.24) is 15.5 Å². The minimum Gasteiger partial charge on any atom is -0.469 e. The molecule has 0 aromatic heterocycles. The van der Waals surface area contributed by atoms with Gasteiger partial charge in [-0.3, -0.25) is 14.6 Å². The lowest BCUT2D eigenvalue weighted by molar-refractivity contribution is -0.144. The van der Waals surface area contributed by atoms with Gasteiger partial charge in [-0.15, -0.1) is 0 Å². The fourth-order valence-electron chi connectivity index (χ4n) is 2.37. The second-order valence-corrected chi connectivity index (χ2v) is 5.95. The zero-order valence-corrected chi connectivity index (χ0v) is 14.2. The summed E-state index contributed by atoms with van der Waals surface area (Å²) in [5.41, 5.74) is 0. The molecule has 1 aliphatic rings. The van der Waals surface area contributed by atoms with Crippen LogP contribution < -0.4 is 10.6 Å². The van der Waals surface area contributed by atoms with Crippen molar-refractivity contribution >= 4 is 17.8 Å². The molecule has 0 aromatic rings. The van der Waals surface area contributed by atoms with Crippen molar-refractivity contribution in [3.63, 3.8) is 0 Å². The van der Waals surface area contributed by atoms with Crippen molar-refractivity contribution in [3.8, 4) is 0 Å². The Labute approximate surface area is 132 Å². The molecule has 1 saturated heterocycles. The van der Waals surface area contributed by atoms with E-state index in [9.17, 15) is 9.59 Å². The van der Waals surface area contributed by atoms with Crippen LogP contribution in [0, 0.1) is 11.8 Å². The number of amides is 1. The third-order valence-electron chi connectivity index (χ3n) is 3.74. The highest BCUT2D eigenvalue weighted by Crippen LogP contribution is 2.12. The largest absolute Gasteiger partial charge is 0.469 e. The molecule has 2 unspecified atom stereocenters. The van der Waals surface area contributed by atoms with Gasteiger partial charge in [-0.1, -0.05) is 20.8 Å². The molecule has 0 spiro atoms. The first kappa shape index (κ1) is 18.3. The summed E-state index contributed by atoms with van der Waals surface area (Å²) in [5, 5.41) is 6.41. The first-order valence-electron chi connectivity index (χ1n) is 7.72. The van der Waals surface area contributed by atoms with E-state index in [1.165, 1.54) is 7.11 Å². The zero-order chi connectivity index (χ0) is 16.7. The van der Waals surface area contributed by atoms with Gasteiger partial charge in [0.25, 0.3) is 0 Å². The monoisotopic (exact) mass is 312 g/mol.